The van der Waals surface area contributed by atoms with E-state index in [2.05, 4.69) is 539 Å². The summed E-state index contributed by atoms with van der Waals surface area (Å²) in [6.45, 7) is 0. The van der Waals surface area contributed by atoms with Gasteiger partial charge in [0.1, 0.15) is 22.8 Å². The molecule has 7 aromatic heterocycles. The molecule has 8 nitrogen and oxygen atoms in total. The summed E-state index contributed by atoms with van der Waals surface area (Å²) >= 11 is 0. The molecule has 0 saturated heterocycles. The summed E-state index contributed by atoms with van der Waals surface area (Å²) in [7, 11) is -2.60. The zero-order valence-corrected chi connectivity index (χ0v) is 81.9. The Morgan fingerprint density at radius 2 is 0.423 bits per heavy atom. The molecule has 0 bridgehead atoms. The maximum Gasteiger partial charge on any atom is 0.179 e. The molecule has 25 aromatic carbocycles. The molecular weight excluding hydrogens is 1820 g/mol. The molecule has 0 aliphatic carbocycles. The second-order valence-corrected chi connectivity index (χ2v) is 43.1. The Labute approximate surface area is 857 Å². The molecule has 0 fully saturated rings. The molecule has 0 spiro atoms. The third-order valence-electron chi connectivity index (χ3n) is 31.3. The monoisotopic (exact) mass is 1910 g/mol. The summed E-state index contributed by atoms with van der Waals surface area (Å²) in [6.07, 6.45) is 0. The second-order valence-electron chi connectivity index (χ2n) is 39.2. The molecule has 0 atom stereocenters. The van der Waals surface area contributed by atoms with Gasteiger partial charge in [0.05, 0.1) is 60.7 Å². The minimum absolute atomic E-state index is 0.930. The summed E-state index contributed by atoms with van der Waals surface area (Å²) < 4.78 is 9.43. The topological polar surface area (TPSA) is 69.7 Å². The average Bonchev–Trinajstić information content (AvgIpc) is 1.55. The van der Waals surface area contributed by atoms with E-state index in [1.807, 2.05) is 12.1 Å². The maximum absolute atomic E-state index is 5.47. The lowest BCUT2D eigenvalue weighted by Crippen LogP contribution is -2.74. The molecule has 32 rings (SSSR count). The molecule has 0 saturated carbocycles. The molecule has 0 aliphatic rings. The zero-order chi connectivity index (χ0) is 97.9. The van der Waals surface area contributed by atoms with E-state index >= 15 is 0 Å². The van der Waals surface area contributed by atoms with E-state index < -0.39 is 8.07 Å². The fourth-order valence-corrected chi connectivity index (χ4v) is 29.3. The molecule has 7 heterocycles. The Bertz CT molecular complexity index is 11000. The normalized spacial score (nSPS) is 12.0. The van der Waals surface area contributed by atoms with E-state index in [9.17, 15) is 0 Å². The number of pyridine rings is 3. The minimum Gasteiger partial charge on any atom is -0.292 e. The van der Waals surface area contributed by atoms with E-state index in [1.54, 1.807) is 0 Å². The summed E-state index contributed by atoms with van der Waals surface area (Å²) in [5.74, 6) is 0.930. The number of hydrogen-bond donors (Lipinski definition) is 0. The molecular formula is C140H88N8Si. The number of imidazole rings is 4. The fourth-order valence-electron chi connectivity index (χ4n) is 24.5. The van der Waals surface area contributed by atoms with Gasteiger partial charge in [0.25, 0.3) is 0 Å². The Hall–Kier alpha value is -19.6. The smallest absolute Gasteiger partial charge is 0.179 e. The average molecular weight is 1910 g/mol. The van der Waals surface area contributed by atoms with Gasteiger partial charge >= 0.3 is 0 Å². The summed E-state index contributed by atoms with van der Waals surface area (Å²) in [4.78, 5) is 21.4. The van der Waals surface area contributed by atoms with Crippen LogP contribution < -0.4 is 20.7 Å². The quantitative estimate of drug-likeness (QED) is 0.0777. The molecule has 0 unspecified atom stereocenters. The Balaban J connectivity index is 0.000000103. The minimum atomic E-state index is -2.60. The molecule has 692 valence electrons. The van der Waals surface area contributed by atoms with Gasteiger partial charge in [-0.2, -0.15) is 0 Å². The Kier molecular flexibility index (Phi) is 19.6. The van der Waals surface area contributed by atoms with Crippen LogP contribution in [-0.2, 0) is 0 Å². The van der Waals surface area contributed by atoms with Crippen molar-refractivity contribution in [2.75, 3.05) is 0 Å². The number of benzene rings is 25. The SMILES string of the molecule is c1ccc(-n2c(-c3ccc(-c4ccc5c6ccccc6n6c(nc7c8ccccc8c8ccccc8c76)c5c4)cc3)nc3ccccc32)cc1.c1ccc([Si](c2ccccc2)(c2ccccc2)c2ccc(-c3ccc4c(c3)c3ccccc3n3c4nc4c5ccccc5c5ccccc5c43)cc2)cc1.c1ccc2cc(-c3ccc(-c4ccc5c(c4)c4ccccc4n4c5nc5c6ccccc6c6ccccc6c54)cc3)ccc2c1. The summed E-state index contributed by atoms with van der Waals surface area (Å²) in [6, 6.07) is 194. The highest BCUT2D eigenvalue weighted by Gasteiger charge is 2.41. The van der Waals surface area contributed by atoms with Crippen LogP contribution in [0.4, 0.5) is 0 Å². The summed E-state index contributed by atoms with van der Waals surface area (Å²) in [5.41, 5.74) is 26.9. The fraction of sp³-hybridized carbons (Fsp3) is 0. The van der Waals surface area contributed by atoms with Gasteiger partial charge in [-0.1, -0.05) is 455 Å². The van der Waals surface area contributed by atoms with Crippen molar-refractivity contribution in [1.29, 1.82) is 0 Å². The molecule has 0 N–H and O–H groups in total. The Morgan fingerprint density at radius 3 is 0.839 bits per heavy atom. The van der Waals surface area contributed by atoms with Crippen LogP contribution in [-0.4, -0.2) is 45.8 Å². The number of aromatic nitrogens is 8. The highest BCUT2D eigenvalue weighted by Crippen LogP contribution is 2.47. The lowest BCUT2D eigenvalue weighted by Gasteiger charge is -2.34. The van der Waals surface area contributed by atoms with Gasteiger partial charge in [-0.05, 0) is 203 Å². The summed E-state index contributed by atoms with van der Waals surface area (Å²) in [5, 5.41) is 33.5. The Morgan fingerprint density at radius 1 is 0.154 bits per heavy atom. The third-order valence-corrected chi connectivity index (χ3v) is 36.1. The first-order chi connectivity index (χ1) is 73.9. The number of nitrogens with zero attached hydrogens (tertiary/aromatic N) is 8. The van der Waals surface area contributed by atoms with Crippen molar-refractivity contribution in [3.63, 3.8) is 0 Å². The van der Waals surface area contributed by atoms with Gasteiger partial charge in [0.15, 0.2) is 8.07 Å². The van der Waals surface area contributed by atoms with Gasteiger partial charge in [0.2, 0.25) is 0 Å². The van der Waals surface area contributed by atoms with E-state index in [1.165, 1.54) is 184 Å². The van der Waals surface area contributed by atoms with Crippen LogP contribution in [0.1, 0.15) is 0 Å². The molecule has 32 aromatic rings. The van der Waals surface area contributed by atoms with Gasteiger partial charge in [-0.15, -0.1) is 0 Å². The second kappa shape index (κ2) is 34.3. The number of rotatable bonds is 10. The van der Waals surface area contributed by atoms with E-state index in [4.69, 9.17) is 19.9 Å². The van der Waals surface area contributed by atoms with E-state index in [0.29, 0.717) is 0 Å². The number of fused-ring (bicyclic) bond motifs is 41. The predicted octanol–water partition coefficient (Wildman–Crippen LogP) is 33.5. The van der Waals surface area contributed by atoms with Crippen LogP contribution in [0.2, 0.25) is 0 Å². The van der Waals surface area contributed by atoms with E-state index in [-0.39, 0.29) is 0 Å². The molecule has 0 radical (unpaired) electrons. The van der Waals surface area contributed by atoms with Crippen molar-refractivity contribution in [1.82, 2.24) is 37.7 Å². The van der Waals surface area contributed by atoms with Crippen molar-refractivity contribution in [3.8, 4) is 61.6 Å². The lowest BCUT2D eigenvalue weighted by molar-refractivity contribution is 1.10. The van der Waals surface area contributed by atoms with Gasteiger partial charge < -0.3 is 0 Å². The van der Waals surface area contributed by atoms with Gasteiger partial charge in [-0.25, -0.2) is 19.9 Å². The zero-order valence-electron chi connectivity index (χ0n) is 80.9. The van der Waals surface area contributed by atoms with Crippen LogP contribution in [0.3, 0.4) is 0 Å². The van der Waals surface area contributed by atoms with Crippen molar-refractivity contribution in [2.24, 2.45) is 0 Å². The highest BCUT2D eigenvalue weighted by molar-refractivity contribution is 7.20. The standard InChI is InChI=1S/C51H34N2Si.C46H28N4.C43H26N2/c1-4-16-37(17-5-1)54(38-18-6-2-7-19-38,39-20-8-3-9-21-39)40-31-28-35(29-32-40)36-30-33-46-47(34-36)43-24-14-15-27-48(43)53-50-45-26-13-11-23-42(45)41-22-10-12-25-44(41)49(50)52-51(46)53;1-2-12-32(13-3-1)49-42-21-11-9-19-40(42)47-45(49)30-24-22-29(23-25-30)31-26-27-35-36-16-8-10-20-41(36)50-44-38-18-7-5-15-34(38)33-14-4-6-17-37(33)43(44)48-46(50)39(35)28-31;1-2-10-30-25-31(22-21-27(30)9-1)28-17-19-29(20-18-28)32-23-24-38-39(26-32)35-13-7-8-16-40(35)45-42-37-15-6-4-12-34(37)33-11-3-5-14-36(33)41(42)44-43(38)45/h1-34H;1-28H;1-26H. The lowest BCUT2D eigenvalue weighted by atomic mass is 9.96. The first-order valence-electron chi connectivity index (χ1n) is 51.1. The van der Waals surface area contributed by atoms with Gasteiger partial charge in [0, 0.05) is 75.9 Å². The van der Waals surface area contributed by atoms with E-state index in [0.717, 1.165) is 99.9 Å². The molecule has 0 amide bonds. The van der Waals surface area contributed by atoms with Crippen molar-refractivity contribution < 1.29 is 0 Å². The largest absolute Gasteiger partial charge is 0.292 e. The van der Waals surface area contributed by atoms with Crippen molar-refractivity contribution in [3.05, 3.63) is 534 Å². The van der Waals surface area contributed by atoms with Crippen LogP contribution in [0.15, 0.2) is 534 Å². The molecule has 149 heavy (non-hydrogen) atoms. The molecule has 0 aliphatic heterocycles. The van der Waals surface area contributed by atoms with Crippen LogP contribution in [0, 0.1) is 0 Å². The van der Waals surface area contributed by atoms with Crippen LogP contribution in [0.25, 0.3) is 263 Å². The molecule has 9 heteroatoms. The van der Waals surface area contributed by atoms with Crippen molar-refractivity contribution in [2.45, 2.75) is 0 Å². The van der Waals surface area contributed by atoms with Crippen LogP contribution >= 0.6 is 0 Å². The van der Waals surface area contributed by atoms with Crippen molar-refractivity contribution >= 4 is 230 Å². The van der Waals surface area contributed by atoms with Crippen LogP contribution in [0.5, 0.6) is 0 Å². The number of hydrogen-bond acceptors (Lipinski definition) is 4. The first-order valence-corrected chi connectivity index (χ1v) is 53.1. The predicted molar refractivity (Wildman–Crippen MR) is 631 cm³/mol. The highest BCUT2D eigenvalue weighted by atomic mass is 28.3. The third kappa shape index (κ3) is 13.4. The maximum atomic E-state index is 5.47. The number of para-hydroxylation sites is 6. The first kappa shape index (κ1) is 85.0. The van der Waals surface area contributed by atoms with Gasteiger partial charge in [-0.3, -0.25) is 17.8 Å².